The zero-order chi connectivity index (χ0) is 12.7. The summed E-state index contributed by atoms with van der Waals surface area (Å²) < 4.78 is 5.15. The second kappa shape index (κ2) is 7.64. The molecular formula is C13H21ClN2O. The van der Waals surface area contributed by atoms with Gasteiger partial charge < -0.3 is 4.74 Å². The van der Waals surface area contributed by atoms with E-state index in [2.05, 4.69) is 23.7 Å². The highest BCUT2D eigenvalue weighted by molar-refractivity contribution is 6.29. The van der Waals surface area contributed by atoms with Crippen LogP contribution in [0.15, 0.2) is 18.3 Å². The van der Waals surface area contributed by atoms with Gasteiger partial charge in [0.25, 0.3) is 0 Å². The fraction of sp³-hybridized carbons (Fsp3) is 0.615. The number of halogens is 1. The molecule has 0 spiro atoms. The molecule has 1 heterocycles. The van der Waals surface area contributed by atoms with Crippen LogP contribution in [0.4, 0.5) is 0 Å². The summed E-state index contributed by atoms with van der Waals surface area (Å²) in [7, 11) is 1.73. The quantitative estimate of drug-likeness (QED) is 0.702. The summed E-state index contributed by atoms with van der Waals surface area (Å²) in [4.78, 5) is 6.50. The second-order valence-electron chi connectivity index (χ2n) is 4.21. The molecule has 1 unspecified atom stereocenters. The largest absolute Gasteiger partial charge is 0.383 e. The van der Waals surface area contributed by atoms with E-state index in [-0.39, 0.29) is 0 Å². The van der Waals surface area contributed by atoms with Crippen LogP contribution in [0, 0.1) is 0 Å². The topological polar surface area (TPSA) is 25.4 Å². The fourth-order valence-electron chi connectivity index (χ4n) is 1.66. The summed E-state index contributed by atoms with van der Waals surface area (Å²) >= 11 is 5.78. The maximum absolute atomic E-state index is 5.78. The van der Waals surface area contributed by atoms with E-state index in [0.29, 0.717) is 11.2 Å². The Morgan fingerprint density at radius 1 is 1.47 bits per heavy atom. The van der Waals surface area contributed by atoms with E-state index in [1.54, 1.807) is 7.11 Å². The molecule has 0 aromatic carbocycles. The van der Waals surface area contributed by atoms with Gasteiger partial charge in [-0.05, 0) is 25.0 Å². The third-order valence-corrected chi connectivity index (χ3v) is 3.19. The van der Waals surface area contributed by atoms with Gasteiger partial charge in [-0.3, -0.25) is 4.90 Å². The lowest BCUT2D eigenvalue weighted by molar-refractivity contribution is 0.118. The first-order valence-corrected chi connectivity index (χ1v) is 6.38. The summed E-state index contributed by atoms with van der Waals surface area (Å²) in [6.07, 6.45) is 2.97. The molecule has 0 radical (unpaired) electrons. The van der Waals surface area contributed by atoms with Gasteiger partial charge in [0.1, 0.15) is 5.15 Å². The van der Waals surface area contributed by atoms with E-state index < -0.39 is 0 Å². The van der Waals surface area contributed by atoms with Crippen molar-refractivity contribution in [3.8, 4) is 0 Å². The maximum Gasteiger partial charge on any atom is 0.129 e. The first-order valence-electron chi connectivity index (χ1n) is 6.00. The predicted molar refractivity (Wildman–Crippen MR) is 71.3 cm³/mol. The molecule has 0 aliphatic heterocycles. The van der Waals surface area contributed by atoms with Crippen LogP contribution in [0.2, 0.25) is 5.15 Å². The van der Waals surface area contributed by atoms with Gasteiger partial charge in [-0.25, -0.2) is 4.98 Å². The fourth-order valence-corrected chi connectivity index (χ4v) is 1.77. The smallest absolute Gasteiger partial charge is 0.129 e. The molecule has 0 N–H and O–H groups in total. The molecule has 3 nitrogen and oxygen atoms in total. The lowest BCUT2D eigenvalue weighted by atomic mass is 10.2. The summed E-state index contributed by atoms with van der Waals surface area (Å²) in [6, 6.07) is 4.40. The van der Waals surface area contributed by atoms with Gasteiger partial charge in [0.2, 0.25) is 0 Å². The number of rotatable bonds is 7. The van der Waals surface area contributed by atoms with E-state index in [4.69, 9.17) is 16.3 Å². The zero-order valence-electron chi connectivity index (χ0n) is 10.8. The summed E-state index contributed by atoms with van der Waals surface area (Å²) in [6.45, 7) is 7.02. The number of methoxy groups -OCH3 is 1. The number of hydrogen-bond donors (Lipinski definition) is 0. The minimum Gasteiger partial charge on any atom is -0.383 e. The second-order valence-corrected chi connectivity index (χ2v) is 4.60. The van der Waals surface area contributed by atoms with Crippen LogP contribution >= 0.6 is 11.6 Å². The summed E-state index contributed by atoms with van der Waals surface area (Å²) in [5.74, 6) is 0. The zero-order valence-corrected chi connectivity index (χ0v) is 11.6. The predicted octanol–water partition coefficient (Wildman–Crippen LogP) is 2.98. The van der Waals surface area contributed by atoms with E-state index in [1.165, 1.54) is 5.56 Å². The molecule has 96 valence electrons. The average molecular weight is 257 g/mol. The highest BCUT2D eigenvalue weighted by atomic mass is 35.5. The first-order chi connectivity index (χ1) is 8.17. The Kier molecular flexibility index (Phi) is 6.48. The van der Waals surface area contributed by atoms with Crippen molar-refractivity contribution in [2.24, 2.45) is 0 Å². The molecule has 0 amide bonds. The number of aromatic nitrogens is 1. The molecule has 0 fully saturated rings. The molecule has 1 rings (SSSR count). The van der Waals surface area contributed by atoms with Gasteiger partial charge >= 0.3 is 0 Å². The molecule has 0 aliphatic carbocycles. The molecule has 1 aromatic rings. The lowest BCUT2D eigenvalue weighted by Crippen LogP contribution is -2.34. The highest BCUT2D eigenvalue weighted by Crippen LogP contribution is 2.11. The molecule has 0 aliphatic rings. The Labute approximate surface area is 109 Å². The van der Waals surface area contributed by atoms with Gasteiger partial charge in [-0.2, -0.15) is 0 Å². The Balaban J connectivity index is 2.61. The lowest BCUT2D eigenvalue weighted by Gasteiger charge is -2.28. The van der Waals surface area contributed by atoms with Crippen molar-refractivity contribution in [3.05, 3.63) is 29.0 Å². The molecule has 17 heavy (non-hydrogen) atoms. The van der Waals surface area contributed by atoms with Crippen LogP contribution < -0.4 is 0 Å². The Bertz CT molecular complexity index is 316. The number of hydrogen-bond acceptors (Lipinski definition) is 3. The van der Waals surface area contributed by atoms with Crippen molar-refractivity contribution in [2.45, 2.75) is 32.9 Å². The average Bonchev–Trinajstić information content (AvgIpc) is 2.36. The van der Waals surface area contributed by atoms with E-state index in [1.807, 2.05) is 18.3 Å². The minimum absolute atomic E-state index is 0.542. The van der Waals surface area contributed by atoms with Crippen molar-refractivity contribution >= 4 is 11.6 Å². The van der Waals surface area contributed by atoms with Crippen molar-refractivity contribution in [3.63, 3.8) is 0 Å². The molecule has 4 heteroatoms. The van der Waals surface area contributed by atoms with Crippen LogP contribution in [0.1, 0.15) is 25.8 Å². The van der Waals surface area contributed by atoms with Crippen LogP contribution in [0.3, 0.4) is 0 Å². The van der Waals surface area contributed by atoms with Gasteiger partial charge in [-0.1, -0.05) is 24.6 Å². The van der Waals surface area contributed by atoms with Crippen molar-refractivity contribution in [1.82, 2.24) is 9.88 Å². The van der Waals surface area contributed by atoms with E-state index in [9.17, 15) is 0 Å². The minimum atomic E-state index is 0.542. The van der Waals surface area contributed by atoms with Crippen LogP contribution in [0.5, 0.6) is 0 Å². The number of nitrogens with zero attached hydrogens (tertiary/aromatic N) is 2. The van der Waals surface area contributed by atoms with E-state index >= 15 is 0 Å². The third-order valence-electron chi connectivity index (χ3n) is 2.97. The Hall–Kier alpha value is -0.640. The van der Waals surface area contributed by atoms with Crippen LogP contribution in [-0.4, -0.2) is 36.2 Å². The highest BCUT2D eigenvalue weighted by Gasteiger charge is 2.12. The van der Waals surface area contributed by atoms with Crippen molar-refractivity contribution in [1.29, 1.82) is 0 Å². The van der Waals surface area contributed by atoms with Crippen molar-refractivity contribution in [2.75, 3.05) is 20.3 Å². The standard InChI is InChI=1S/C13H21ClN2O/c1-4-11(2)16(7-8-17-3)10-12-5-6-13(14)15-9-12/h5-6,9,11H,4,7-8,10H2,1-3H3. The first kappa shape index (κ1) is 14.4. The summed E-state index contributed by atoms with van der Waals surface area (Å²) in [5.41, 5.74) is 1.19. The maximum atomic E-state index is 5.78. The van der Waals surface area contributed by atoms with Gasteiger partial charge in [0.15, 0.2) is 0 Å². The van der Waals surface area contributed by atoms with Crippen LogP contribution in [0.25, 0.3) is 0 Å². The Morgan fingerprint density at radius 2 is 2.24 bits per heavy atom. The van der Waals surface area contributed by atoms with Crippen molar-refractivity contribution < 1.29 is 4.74 Å². The molecule has 1 atom stereocenters. The SMILES string of the molecule is CCC(C)N(CCOC)Cc1ccc(Cl)nc1. The van der Waals surface area contributed by atoms with Crippen LogP contribution in [-0.2, 0) is 11.3 Å². The molecule has 0 bridgehead atoms. The third kappa shape index (κ3) is 5.02. The Morgan fingerprint density at radius 3 is 2.76 bits per heavy atom. The molecule has 0 saturated carbocycles. The van der Waals surface area contributed by atoms with E-state index in [0.717, 1.165) is 26.1 Å². The molecule has 0 saturated heterocycles. The summed E-state index contributed by atoms with van der Waals surface area (Å²) in [5, 5.41) is 0.542. The van der Waals surface area contributed by atoms with Gasteiger partial charge in [0, 0.05) is 32.4 Å². The number of ether oxygens (including phenoxy) is 1. The molecular weight excluding hydrogens is 236 g/mol. The normalized spacial score (nSPS) is 13.0. The molecule has 1 aromatic heterocycles. The monoisotopic (exact) mass is 256 g/mol. The van der Waals surface area contributed by atoms with Gasteiger partial charge in [-0.15, -0.1) is 0 Å². The van der Waals surface area contributed by atoms with Gasteiger partial charge in [0.05, 0.1) is 6.61 Å². The number of pyridine rings is 1.